The van der Waals surface area contributed by atoms with E-state index in [2.05, 4.69) is 17.4 Å². The minimum Gasteiger partial charge on any atom is -0.326 e. The summed E-state index contributed by atoms with van der Waals surface area (Å²) in [6.45, 7) is 0. The molecule has 0 radical (unpaired) electrons. The summed E-state index contributed by atoms with van der Waals surface area (Å²) in [4.78, 5) is 40.3. The van der Waals surface area contributed by atoms with E-state index < -0.39 is 0 Å². The molecule has 0 fully saturated rings. The molecule has 0 aliphatic carbocycles. The van der Waals surface area contributed by atoms with Gasteiger partial charge >= 0.3 is 0 Å². The van der Waals surface area contributed by atoms with Crippen LogP contribution in [0.3, 0.4) is 0 Å². The first-order chi connectivity index (χ1) is 18.1. The Labute approximate surface area is 214 Å². The maximum atomic E-state index is 13.2. The van der Waals surface area contributed by atoms with Crippen LogP contribution in [-0.2, 0) is 11.2 Å². The molecular formula is C32H22N2O3. The van der Waals surface area contributed by atoms with Gasteiger partial charge in [0.2, 0.25) is 5.91 Å². The van der Waals surface area contributed by atoms with Crippen molar-refractivity contribution in [1.29, 1.82) is 0 Å². The normalized spacial score (nSPS) is 12.6. The standard InChI is InChI=1S/C32H22N2O3/c35-29(20-21-12-14-23(15-13-21)22-6-2-1-3-7-22)33-25-16-18-26(19-17-25)34-31(36)27-10-4-8-24-9-5-11-28(30(24)27)32(34)37/h1-19H,20H2,(H,33,35). The number of hydrogen-bond donors (Lipinski definition) is 1. The third-order valence-electron chi connectivity index (χ3n) is 6.61. The zero-order valence-corrected chi connectivity index (χ0v) is 19.8. The Hall–Kier alpha value is -5.03. The maximum absolute atomic E-state index is 13.2. The van der Waals surface area contributed by atoms with Crippen molar-refractivity contribution >= 4 is 39.9 Å². The summed E-state index contributed by atoms with van der Waals surface area (Å²) >= 11 is 0. The lowest BCUT2D eigenvalue weighted by Crippen LogP contribution is -2.40. The van der Waals surface area contributed by atoms with E-state index in [0.29, 0.717) is 27.9 Å². The molecule has 3 amide bonds. The van der Waals surface area contributed by atoms with Crippen molar-refractivity contribution < 1.29 is 14.4 Å². The number of anilines is 2. The molecule has 5 nitrogen and oxygen atoms in total. The summed E-state index contributed by atoms with van der Waals surface area (Å²) in [5, 5.41) is 4.45. The first kappa shape index (κ1) is 22.4. The second-order valence-electron chi connectivity index (χ2n) is 8.99. The molecular weight excluding hydrogens is 460 g/mol. The predicted molar refractivity (Wildman–Crippen MR) is 146 cm³/mol. The Kier molecular flexibility index (Phi) is 5.58. The van der Waals surface area contributed by atoms with Gasteiger partial charge < -0.3 is 5.32 Å². The van der Waals surface area contributed by atoms with Gasteiger partial charge in [-0.1, -0.05) is 78.9 Å². The van der Waals surface area contributed by atoms with Gasteiger partial charge in [-0.2, -0.15) is 0 Å². The molecule has 1 aliphatic rings. The van der Waals surface area contributed by atoms with Crippen molar-refractivity contribution in [3.63, 3.8) is 0 Å². The van der Waals surface area contributed by atoms with E-state index in [0.717, 1.165) is 22.1 Å². The van der Waals surface area contributed by atoms with Gasteiger partial charge in [-0.15, -0.1) is 0 Å². The van der Waals surface area contributed by atoms with Crippen molar-refractivity contribution in [3.8, 4) is 11.1 Å². The van der Waals surface area contributed by atoms with Crippen molar-refractivity contribution in [2.75, 3.05) is 10.2 Å². The van der Waals surface area contributed by atoms with Crippen molar-refractivity contribution in [2.45, 2.75) is 6.42 Å². The highest BCUT2D eigenvalue weighted by molar-refractivity contribution is 6.35. The molecule has 0 saturated heterocycles. The van der Waals surface area contributed by atoms with Gasteiger partial charge in [0.15, 0.2) is 0 Å². The van der Waals surface area contributed by atoms with Crippen LogP contribution in [0.25, 0.3) is 21.9 Å². The number of amides is 3. The summed E-state index contributed by atoms with van der Waals surface area (Å²) in [6, 6.07) is 35.7. The summed E-state index contributed by atoms with van der Waals surface area (Å²) in [5.41, 5.74) is 5.19. The fourth-order valence-electron chi connectivity index (χ4n) is 4.80. The molecule has 6 rings (SSSR count). The van der Waals surface area contributed by atoms with Gasteiger partial charge in [0.25, 0.3) is 11.8 Å². The van der Waals surface area contributed by atoms with Gasteiger partial charge in [0, 0.05) is 22.2 Å². The third kappa shape index (κ3) is 4.17. The van der Waals surface area contributed by atoms with Crippen LogP contribution in [0.2, 0.25) is 0 Å². The first-order valence-corrected chi connectivity index (χ1v) is 12.0. The molecule has 1 N–H and O–H groups in total. The fourth-order valence-corrected chi connectivity index (χ4v) is 4.80. The number of nitrogens with zero attached hydrogens (tertiary/aromatic N) is 1. The largest absolute Gasteiger partial charge is 0.326 e. The molecule has 37 heavy (non-hydrogen) atoms. The SMILES string of the molecule is O=C(Cc1ccc(-c2ccccc2)cc1)Nc1ccc(N2C(=O)c3cccc4cccc(c34)C2=O)cc1. The molecule has 0 aromatic heterocycles. The fraction of sp³-hybridized carbons (Fsp3) is 0.0312. The Morgan fingerprint density at radius 2 is 1.22 bits per heavy atom. The number of carbonyl (C=O) groups is 3. The lowest BCUT2D eigenvalue weighted by Gasteiger charge is -2.27. The lowest BCUT2D eigenvalue weighted by atomic mass is 9.94. The molecule has 5 aromatic rings. The third-order valence-corrected chi connectivity index (χ3v) is 6.61. The molecule has 5 heteroatoms. The highest BCUT2D eigenvalue weighted by atomic mass is 16.2. The summed E-state index contributed by atoms with van der Waals surface area (Å²) in [5.74, 6) is -0.860. The molecule has 178 valence electrons. The van der Waals surface area contributed by atoms with Crippen LogP contribution in [0.4, 0.5) is 11.4 Å². The van der Waals surface area contributed by atoms with Crippen LogP contribution in [-0.4, -0.2) is 17.7 Å². The average molecular weight is 483 g/mol. The van der Waals surface area contributed by atoms with Crippen LogP contribution in [0.1, 0.15) is 26.3 Å². The maximum Gasteiger partial charge on any atom is 0.265 e. The zero-order chi connectivity index (χ0) is 25.4. The minimum atomic E-state index is -0.356. The van der Waals surface area contributed by atoms with E-state index in [9.17, 15) is 14.4 Å². The second-order valence-corrected chi connectivity index (χ2v) is 8.99. The Morgan fingerprint density at radius 3 is 1.84 bits per heavy atom. The van der Waals surface area contributed by atoms with Crippen molar-refractivity contribution in [1.82, 2.24) is 0 Å². The molecule has 0 atom stereocenters. The van der Waals surface area contributed by atoms with Crippen LogP contribution < -0.4 is 10.2 Å². The van der Waals surface area contributed by atoms with E-state index in [-0.39, 0.29) is 24.1 Å². The smallest absolute Gasteiger partial charge is 0.265 e. The van der Waals surface area contributed by atoms with Gasteiger partial charge in [-0.3, -0.25) is 14.4 Å². The number of benzene rings is 5. The number of hydrogen-bond acceptors (Lipinski definition) is 3. The second kappa shape index (κ2) is 9.21. The molecule has 0 saturated carbocycles. The van der Waals surface area contributed by atoms with Crippen molar-refractivity contribution in [2.24, 2.45) is 0 Å². The quantitative estimate of drug-likeness (QED) is 0.291. The van der Waals surface area contributed by atoms with E-state index in [1.54, 1.807) is 36.4 Å². The van der Waals surface area contributed by atoms with E-state index in [1.807, 2.05) is 66.7 Å². The summed E-state index contributed by atoms with van der Waals surface area (Å²) in [7, 11) is 0. The lowest BCUT2D eigenvalue weighted by molar-refractivity contribution is -0.115. The van der Waals surface area contributed by atoms with Gasteiger partial charge in [-0.05, 0) is 58.5 Å². The van der Waals surface area contributed by atoms with Crippen LogP contribution in [0, 0.1) is 0 Å². The molecule has 5 aromatic carbocycles. The van der Waals surface area contributed by atoms with E-state index >= 15 is 0 Å². The zero-order valence-electron chi connectivity index (χ0n) is 19.8. The van der Waals surface area contributed by atoms with Crippen LogP contribution in [0.15, 0.2) is 115 Å². The van der Waals surface area contributed by atoms with Gasteiger partial charge in [0.1, 0.15) is 0 Å². The predicted octanol–water partition coefficient (Wildman–Crippen LogP) is 6.49. The topological polar surface area (TPSA) is 66.5 Å². The number of carbonyl (C=O) groups excluding carboxylic acids is 3. The van der Waals surface area contributed by atoms with E-state index in [4.69, 9.17) is 0 Å². The molecule has 1 aliphatic heterocycles. The monoisotopic (exact) mass is 482 g/mol. The first-order valence-electron chi connectivity index (χ1n) is 12.0. The highest BCUT2D eigenvalue weighted by Crippen LogP contribution is 2.33. The summed E-state index contributed by atoms with van der Waals surface area (Å²) < 4.78 is 0. The van der Waals surface area contributed by atoms with Crippen molar-refractivity contribution in [3.05, 3.63) is 132 Å². The Bertz CT molecular complexity index is 1610. The highest BCUT2D eigenvalue weighted by Gasteiger charge is 2.33. The molecule has 0 bridgehead atoms. The summed E-state index contributed by atoms with van der Waals surface area (Å²) in [6.07, 6.45) is 0.237. The van der Waals surface area contributed by atoms with Gasteiger partial charge in [-0.25, -0.2) is 4.90 Å². The number of nitrogens with one attached hydrogen (secondary N) is 1. The van der Waals surface area contributed by atoms with E-state index in [1.165, 1.54) is 4.90 Å². The number of rotatable bonds is 5. The van der Waals surface area contributed by atoms with Crippen LogP contribution in [0.5, 0.6) is 0 Å². The molecule has 1 heterocycles. The van der Waals surface area contributed by atoms with Gasteiger partial charge in [0.05, 0.1) is 12.1 Å². The number of imide groups is 1. The molecule has 0 unspecified atom stereocenters. The minimum absolute atomic E-state index is 0.147. The Balaban J connectivity index is 1.16. The van der Waals surface area contributed by atoms with Crippen LogP contribution >= 0.6 is 0 Å². The molecule has 0 spiro atoms. The Morgan fingerprint density at radius 1 is 0.622 bits per heavy atom. The average Bonchev–Trinajstić information content (AvgIpc) is 2.93.